The Morgan fingerprint density at radius 1 is 1.27 bits per heavy atom. The van der Waals surface area contributed by atoms with Crippen LogP contribution in [0.4, 0.5) is 0 Å². The number of carboxylic acids is 1. The number of carboxylic acid groups (broad SMARTS) is 1. The van der Waals surface area contributed by atoms with E-state index in [2.05, 4.69) is 5.16 Å². The summed E-state index contributed by atoms with van der Waals surface area (Å²) in [6, 6.07) is 0. The Morgan fingerprint density at radius 3 is 2.41 bits per heavy atom. The summed E-state index contributed by atoms with van der Waals surface area (Å²) in [5, 5.41) is 13.5. The maximum atomic E-state index is 12.5. The average molecular weight is 308 g/mol. The Bertz CT molecular complexity index is 539. The van der Waals surface area contributed by atoms with E-state index < -0.39 is 11.5 Å². The first-order valence-corrected chi connectivity index (χ1v) is 7.80. The van der Waals surface area contributed by atoms with Gasteiger partial charge < -0.3 is 14.5 Å². The van der Waals surface area contributed by atoms with E-state index in [4.69, 9.17) is 4.52 Å². The number of aryl methyl sites for hydroxylation is 2. The van der Waals surface area contributed by atoms with Gasteiger partial charge in [-0.05, 0) is 33.1 Å². The van der Waals surface area contributed by atoms with Crippen molar-refractivity contribution in [3.05, 3.63) is 17.0 Å². The number of carbonyl (C=O) groups excluding carboxylic acids is 1. The van der Waals surface area contributed by atoms with Crippen LogP contribution in [0.1, 0.15) is 55.5 Å². The Kier molecular flexibility index (Phi) is 4.88. The number of carbonyl (C=O) groups is 2. The average Bonchev–Trinajstić information content (AvgIpc) is 2.83. The Morgan fingerprint density at radius 2 is 1.91 bits per heavy atom. The summed E-state index contributed by atoms with van der Waals surface area (Å²) < 4.78 is 5.09. The van der Waals surface area contributed by atoms with Crippen molar-refractivity contribution in [1.82, 2.24) is 10.1 Å². The fourth-order valence-electron chi connectivity index (χ4n) is 3.33. The monoisotopic (exact) mass is 308 g/mol. The third-order valence-electron chi connectivity index (χ3n) is 4.87. The molecule has 0 aliphatic heterocycles. The fraction of sp³-hybridized carbons (Fsp3) is 0.688. The molecular formula is C16H24N2O4. The molecule has 6 heteroatoms. The molecule has 1 saturated carbocycles. The maximum absolute atomic E-state index is 12.5. The predicted molar refractivity (Wildman–Crippen MR) is 80.5 cm³/mol. The Balaban J connectivity index is 2.06. The van der Waals surface area contributed by atoms with E-state index in [0.29, 0.717) is 19.3 Å². The number of hydrogen-bond donors (Lipinski definition) is 1. The lowest BCUT2D eigenvalue weighted by Crippen LogP contribution is -2.56. The summed E-state index contributed by atoms with van der Waals surface area (Å²) in [4.78, 5) is 25.7. The smallest absolute Gasteiger partial charge is 0.329 e. The van der Waals surface area contributed by atoms with Crippen LogP contribution in [-0.2, 0) is 16.0 Å². The summed E-state index contributed by atoms with van der Waals surface area (Å²) in [5.41, 5.74) is 0.696. The van der Waals surface area contributed by atoms with Gasteiger partial charge in [0.25, 0.3) is 0 Å². The molecular weight excluding hydrogens is 284 g/mol. The van der Waals surface area contributed by atoms with Gasteiger partial charge in [-0.15, -0.1) is 0 Å². The molecule has 6 nitrogen and oxygen atoms in total. The molecule has 1 amide bonds. The van der Waals surface area contributed by atoms with E-state index in [1.54, 1.807) is 7.05 Å². The van der Waals surface area contributed by atoms with Crippen LogP contribution < -0.4 is 0 Å². The molecule has 0 unspecified atom stereocenters. The van der Waals surface area contributed by atoms with Gasteiger partial charge >= 0.3 is 5.97 Å². The zero-order valence-electron chi connectivity index (χ0n) is 13.5. The molecule has 1 aliphatic rings. The van der Waals surface area contributed by atoms with Gasteiger partial charge in [-0.3, -0.25) is 4.79 Å². The lowest BCUT2D eigenvalue weighted by Gasteiger charge is -2.41. The summed E-state index contributed by atoms with van der Waals surface area (Å²) in [5.74, 6) is -0.303. The lowest BCUT2D eigenvalue weighted by atomic mass is 9.80. The molecule has 0 aromatic carbocycles. The predicted octanol–water partition coefficient (Wildman–Crippen LogP) is 2.47. The first-order valence-electron chi connectivity index (χ1n) is 7.80. The van der Waals surface area contributed by atoms with Gasteiger partial charge in [0.2, 0.25) is 5.91 Å². The van der Waals surface area contributed by atoms with Crippen LogP contribution in [0.5, 0.6) is 0 Å². The second-order valence-corrected chi connectivity index (χ2v) is 6.15. The molecule has 0 saturated heterocycles. The molecule has 1 N–H and O–H groups in total. The second-order valence-electron chi connectivity index (χ2n) is 6.15. The summed E-state index contributed by atoms with van der Waals surface area (Å²) in [6.45, 7) is 3.67. The number of rotatable bonds is 5. The van der Waals surface area contributed by atoms with Crippen molar-refractivity contribution in [2.24, 2.45) is 0 Å². The summed E-state index contributed by atoms with van der Waals surface area (Å²) in [6.07, 6.45) is 4.62. The molecule has 22 heavy (non-hydrogen) atoms. The molecule has 0 radical (unpaired) electrons. The highest BCUT2D eigenvalue weighted by atomic mass is 16.5. The number of aliphatic carboxylic acids is 1. The normalized spacial score (nSPS) is 17.2. The first-order chi connectivity index (χ1) is 10.4. The van der Waals surface area contributed by atoms with Crippen LogP contribution in [0.2, 0.25) is 0 Å². The van der Waals surface area contributed by atoms with Gasteiger partial charge in [0, 0.05) is 19.0 Å². The maximum Gasteiger partial charge on any atom is 0.329 e. The van der Waals surface area contributed by atoms with Crippen LogP contribution in [0.25, 0.3) is 0 Å². The van der Waals surface area contributed by atoms with Crippen LogP contribution in [-0.4, -0.2) is 39.6 Å². The standard InChI is InChI=1S/C16H24N2O4/c1-11-13(12(2)22-17-11)7-8-14(19)18(3)16(15(20)21)9-5-4-6-10-16/h4-10H2,1-3H3,(H,20,21). The molecule has 1 heterocycles. The minimum Gasteiger partial charge on any atom is -0.479 e. The minimum absolute atomic E-state index is 0.135. The SMILES string of the molecule is Cc1noc(C)c1CCC(=O)N(C)C1(C(=O)O)CCCCC1. The number of aromatic nitrogens is 1. The number of amides is 1. The van der Waals surface area contributed by atoms with Crippen molar-refractivity contribution < 1.29 is 19.2 Å². The van der Waals surface area contributed by atoms with E-state index in [1.165, 1.54) is 4.90 Å². The van der Waals surface area contributed by atoms with Crippen LogP contribution in [0.15, 0.2) is 4.52 Å². The zero-order valence-corrected chi connectivity index (χ0v) is 13.5. The quantitative estimate of drug-likeness (QED) is 0.903. The first kappa shape index (κ1) is 16.5. The van der Waals surface area contributed by atoms with E-state index in [1.807, 2.05) is 13.8 Å². The van der Waals surface area contributed by atoms with Crippen molar-refractivity contribution >= 4 is 11.9 Å². The molecule has 1 aromatic heterocycles. The van der Waals surface area contributed by atoms with Crippen molar-refractivity contribution in [1.29, 1.82) is 0 Å². The van der Waals surface area contributed by atoms with Crippen molar-refractivity contribution in [2.75, 3.05) is 7.05 Å². The third kappa shape index (κ3) is 3.00. The van der Waals surface area contributed by atoms with Crippen molar-refractivity contribution in [3.63, 3.8) is 0 Å². The highest BCUT2D eigenvalue weighted by Gasteiger charge is 2.45. The summed E-state index contributed by atoms with van der Waals surface area (Å²) >= 11 is 0. The van der Waals surface area contributed by atoms with Gasteiger partial charge in [-0.25, -0.2) is 4.79 Å². The highest BCUT2D eigenvalue weighted by molar-refractivity contribution is 5.87. The van der Waals surface area contributed by atoms with Gasteiger partial charge in [0.1, 0.15) is 11.3 Å². The Labute approximate surface area is 130 Å². The lowest BCUT2D eigenvalue weighted by molar-refractivity contribution is -0.160. The van der Waals surface area contributed by atoms with Gasteiger partial charge in [-0.2, -0.15) is 0 Å². The number of nitrogens with zero attached hydrogens (tertiary/aromatic N) is 2. The molecule has 0 spiro atoms. The van der Waals surface area contributed by atoms with Crippen LogP contribution in [0.3, 0.4) is 0 Å². The summed E-state index contributed by atoms with van der Waals surface area (Å²) in [7, 11) is 1.62. The number of hydrogen-bond acceptors (Lipinski definition) is 4. The highest BCUT2D eigenvalue weighted by Crippen LogP contribution is 2.33. The molecule has 0 atom stereocenters. The van der Waals surface area contributed by atoms with E-state index >= 15 is 0 Å². The molecule has 1 aliphatic carbocycles. The molecule has 0 bridgehead atoms. The van der Waals surface area contributed by atoms with Crippen molar-refractivity contribution in [3.8, 4) is 0 Å². The van der Waals surface area contributed by atoms with Crippen molar-refractivity contribution in [2.45, 2.75) is 64.3 Å². The molecule has 2 rings (SSSR count). The fourth-order valence-corrected chi connectivity index (χ4v) is 3.33. The topological polar surface area (TPSA) is 83.6 Å². The second kappa shape index (κ2) is 6.50. The van der Waals surface area contributed by atoms with Crippen LogP contribution >= 0.6 is 0 Å². The number of likely N-dealkylation sites (N-methyl/N-ethyl adjacent to an activating group) is 1. The van der Waals surface area contributed by atoms with Gasteiger partial charge in [0.05, 0.1) is 5.69 Å². The third-order valence-corrected chi connectivity index (χ3v) is 4.87. The Hall–Kier alpha value is -1.85. The van der Waals surface area contributed by atoms with E-state index in [-0.39, 0.29) is 12.3 Å². The van der Waals surface area contributed by atoms with E-state index in [9.17, 15) is 14.7 Å². The van der Waals surface area contributed by atoms with Gasteiger partial charge in [-0.1, -0.05) is 24.4 Å². The largest absolute Gasteiger partial charge is 0.479 e. The van der Waals surface area contributed by atoms with Crippen LogP contribution in [0, 0.1) is 13.8 Å². The molecule has 1 fully saturated rings. The zero-order chi connectivity index (χ0) is 16.3. The molecule has 122 valence electrons. The molecule has 1 aromatic rings. The van der Waals surface area contributed by atoms with Gasteiger partial charge in [0.15, 0.2) is 0 Å². The minimum atomic E-state index is -1.03. The van der Waals surface area contributed by atoms with E-state index in [0.717, 1.165) is 36.3 Å².